The summed E-state index contributed by atoms with van der Waals surface area (Å²) in [6.07, 6.45) is 1.17. The van der Waals surface area contributed by atoms with Crippen LogP contribution in [0.3, 0.4) is 0 Å². The van der Waals surface area contributed by atoms with Crippen LogP contribution < -0.4 is 5.32 Å². The first-order valence-electron chi connectivity index (χ1n) is 5.54. The summed E-state index contributed by atoms with van der Waals surface area (Å²) in [5.74, 6) is -0.443. The van der Waals surface area contributed by atoms with Crippen LogP contribution >= 0.6 is 0 Å². The molecule has 0 aliphatic rings. The zero-order valence-electron chi connectivity index (χ0n) is 10.4. The molecule has 0 rings (SSSR count). The van der Waals surface area contributed by atoms with Crippen LogP contribution in [0.25, 0.3) is 0 Å². The van der Waals surface area contributed by atoms with E-state index in [0.717, 1.165) is 12.8 Å². The third-order valence-corrected chi connectivity index (χ3v) is 2.12. The van der Waals surface area contributed by atoms with Gasteiger partial charge in [0.1, 0.15) is 6.04 Å². The molecule has 0 heterocycles. The van der Waals surface area contributed by atoms with Crippen molar-refractivity contribution < 1.29 is 19.1 Å². The minimum atomic E-state index is -0.649. The van der Waals surface area contributed by atoms with E-state index in [4.69, 9.17) is 4.74 Å². The summed E-state index contributed by atoms with van der Waals surface area (Å²) in [6.45, 7) is 6.07. The van der Waals surface area contributed by atoms with Crippen LogP contribution in [0.15, 0.2) is 0 Å². The molecule has 94 valence electrons. The van der Waals surface area contributed by atoms with Gasteiger partial charge < -0.3 is 14.8 Å². The van der Waals surface area contributed by atoms with Crippen LogP contribution in [0.1, 0.15) is 33.6 Å². The van der Waals surface area contributed by atoms with Crippen LogP contribution in [0.5, 0.6) is 0 Å². The fourth-order valence-corrected chi connectivity index (χ4v) is 1.09. The van der Waals surface area contributed by atoms with Crippen molar-refractivity contribution in [3.63, 3.8) is 0 Å². The summed E-state index contributed by atoms with van der Waals surface area (Å²) < 4.78 is 9.49. The number of hydrogen-bond acceptors (Lipinski definition) is 4. The Morgan fingerprint density at radius 2 is 1.94 bits per heavy atom. The van der Waals surface area contributed by atoms with E-state index in [2.05, 4.69) is 10.1 Å². The van der Waals surface area contributed by atoms with Crippen LogP contribution in [-0.4, -0.2) is 31.8 Å². The van der Waals surface area contributed by atoms with Crippen molar-refractivity contribution in [3.8, 4) is 0 Å². The first-order valence-corrected chi connectivity index (χ1v) is 5.54. The van der Waals surface area contributed by atoms with Crippen molar-refractivity contribution in [1.29, 1.82) is 0 Å². The number of unbranched alkanes of at least 4 members (excludes halogenated alkanes) is 1. The summed E-state index contributed by atoms with van der Waals surface area (Å²) >= 11 is 0. The van der Waals surface area contributed by atoms with E-state index in [1.54, 1.807) is 0 Å². The molecular weight excluding hydrogens is 210 g/mol. The molecule has 0 unspecified atom stereocenters. The van der Waals surface area contributed by atoms with Gasteiger partial charge in [0, 0.05) is 0 Å². The van der Waals surface area contributed by atoms with Crippen molar-refractivity contribution in [2.75, 3.05) is 13.7 Å². The van der Waals surface area contributed by atoms with Gasteiger partial charge in [-0.3, -0.25) is 0 Å². The maximum atomic E-state index is 11.6. The quantitative estimate of drug-likeness (QED) is 0.558. The van der Waals surface area contributed by atoms with E-state index in [0.29, 0.717) is 6.61 Å². The number of rotatable bonds is 6. The molecule has 0 fully saturated rings. The zero-order chi connectivity index (χ0) is 12.6. The molecule has 0 bridgehead atoms. The highest BCUT2D eigenvalue weighted by molar-refractivity contribution is 5.81. The Morgan fingerprint density at radius 3 is 2.38 bits per heavy atom. The molecule has 1 N–H and O–H groups in total. The van der Waals surface area contributed by atoms with Gasteiger partial charge in [0.25, 0.3) is 0 Å². The Kier molecular flexibility index (Phi) is 7.33. The number of carbonyl (C=O) groups excluding carboxylic acids is 2. The lowest BCUT2D eigenvalue weighted by molar-refractivity contribution is -0.147. The number of ether oxygens (including phenoxy) is 2. The van der Waals surface area contributed by atoms with E-state index in [1.807, 2.05) is 20.8 Å². The van der Waals surface area contributed by atoms with Crippen molar-refractivity contribution in [2.45, 2.75) is 39.7 Å². The smallest absolute Gasteiger partial charge is 0.407 e. The van der Waals surface area contributed by atoms with Gasteiger partial charge in [-0.15, -0.1) is 0 Å². The minimum Gasteiger partial charge on any atom is -0.464 e. The number of methoxy groups -OCH3 is 1. The summed E-state index contributed by atoms with van der Waals surface area (Å²) in [7, 11) is 1.26. The molecule has 0 aromatic heterocycles. The Balaban J connectivity index is 4.19. The molecule has 1 atom stereocenters. The molecule has 0 spiro atoms. The van der Waals surface area contributed by atoms with Crippen LogP contribution in [-0.2, 0) is 14.3 Å². The second kappa shape index (κ2) is 7.96. The Bertz CT molecular complexity index is 228. The zero-order valence-corrected chi connectivity index (χ0v) is 10.4. The number of carbonyl (C=O) groups is 2. The number of esters is 1. The predicted octanol–water partition coefficient (Wildman–Crippen LogP) is 1.71. The van der Waals surface area contributed by atoms with E-state index in [-0.39, 0.29) is 5.92 Å². The summed E-state index contributed by atoms with van der Waals surface area (Å²) in [4.78, 5) is 22.6. The highest BCUT2D eigenvalue weighted by Gasteiger charge is 2.25. The largest absolute Gasteiger partial charge is 0.464 e. The molecule has 1 amide bonds. The van der Waals surface area contributed by atoms with E-state index in [9.17, 15) is 9.59 Å². The SMILES string of the molecule is CCCCOC(=O)[C@@H](NC(=O)OC)C(C)C. The number of nitrogens with one attached hydrogen (secondary N) is 1. The minimum absolute atomic E-state index is 0.0340. The van der Waals surface area contributed by atoms with Gasteiger partial charge in [-0.25, -0.2) is 9.59 Å². The molecule has 0 radical (unpaired) electrons. The van der Waals surface area contributed by atoms with Crippen LogP contribution in [0.2, 0.25) is 0 Å². The van der Waals surface area contributed by atoms with Crippen molar-refractivity contribution in [2.24, 2.45) is 5.92 Å². The standard InChI is InChI=1S/C11H21NO4/c1-5-6-7-16-10(13)9(8(2)3)12-11(14)15-4/h8-9H,5-7H2,1-4H3,(H,12,14)/t9-/m0/s1. The van der Waals surface area contributed by atoms with Gasteiger partial charge in [-0.2, -0.15) is 0 Å². The molecular formula is C11H21NO4. The first kappa shape index (κ1) is 14.7. The Hall–Kier alpha value is -1.26. The van der Waals surface area contributed by atoms with Crippen LogP contribution in [0.4, 0.5) is 4.79 Å². The van der Waals surface area contributed by atoms with Crippen molar-refractivity contribution >= 4 is 12.1 Å². The van der Waals surface area contributed by atoms with Gasteiger partial charge in [0.15, 0.2) is 0 Å². The summed E-state index contributed by atoms with van der Waals surface area (Å²) in [5, 5.41) is 2.46. The summed E-state index contributed by atoms with van der Waals surface area (Å²) in [5.41, 5.74) is 0. The molecule has 0 aromatic rings. The normalized spacial score (nSPS) is 12.1. The second-order valence-electron chi connectivity index (χ2n) is 3.88. The maximum absolute atomic E-state index is 11.6. The van der Waals surface area contributed by atoms with Crippen molar-refractivity contribution in [1.82, 2.24) is 5.32 Å². The molecule has 16 heavy (non-hydrogen) atoms. The molecule has 0 aliphatic carbocycles. The lowest BCUT2D eigenvalue weighted by atomic mass is 10.1. The van der Waals surface area contributed by atoms with Gasteiger partial charge in [-0.05, 0) is 12.3 Å². The number of alkyl carbamates (subject to hydrolysis) is 1. The second-order valence-corrected chi connectivity index (χ2v) is 3.88. The van der Waals surface area contributed by atoms with Gasteiger partial charge in [0.2, 0.25) is 0 Å². The lowest BCUT2D eigenvalue weighted by Crippen LogP contribution is -2.45. The molecule has 0 aliphatic heterocycles. The summed E-state index contributed by atoms with van der Waals surface area (Å²) in [6, 6.07) is -0.649. The molecule has 0 saturated carbocycles. The maximum Gasteiger partial charge on any atom is 0.407 e. The average molecular weight is 231 g/mol. The fraction of sp³-hybridized carbons (Fsp3) is 0.818. The van der Waals surface area contributed by atoms with Crippen LogP contribution in [0, 0.1) is 5.92 Å². The third-order valence-electron chi connectivity index (χ3n) is 2.12. The van der Waals surface area contributed by atoms with Gasteiger partial charge in [-0.1, -0.05) is 27.2 Å². The Morgan fingerprint density at radius 1 is 1.31 bits per heavy atom. The van der Waals surface area contributed by atoms with E-state index < -0.39 is 18.1 Å². The lowest BCUT2D eigenvalue weighted by Gasteiger charge is -2.19. The van der Waals surface area contributed by atoms with E-state index >= 15 is 0 Å². The number of amides is 1. The van der Waals surface area contributed by atoms with Gasteiger partial charge >= 0.3 is 12.1 Å². The molecule has 5 heteroatoms. The number of hydrogen-bond donors (Lipinski definition) is 1. The topological polar surface area (TPSA) is 64.6 Å². The molecule has 5 nitrogen and oxygen atoms in total. The fourth-order valence-electron chi connectivity index (χ4n) is 1.09. The average Bonchev–Trinajstić information content (AvgIpc) is 2.25. The molecule has 0 saturated heterocycles. The highest BCUT2D eigenvalue weighted by Crippen LogP contribution is 2.05. The van der Waals surface area contributed by atoms with Crippen molar-refractivity contribution in [3.05, 3.63) is 0 Å². The molecule has 0 aromatic carbocycles. The van der Waals surface area contributed by atoms with Gasteiger partial charge in [0.05, 0.1) is 13.7 Å². The third kappa shape index (κ3) is 5.58. The highest BCUT2D eigenvalue weighted by atomic mass is 16.5. The first-order chi connectivity index (χ1) is 7.52. The predicted molar refractivity (Wildman–Crippen MR) is 60.0 cm³/mol. The monoisotopic (exact) mass is 231 g/mol. The van der Waals surface area contributed by atoms with E-state index in [1.165, 1.54) is 7.11 Å². The Labute approximate surface area is 96.5 Å².